The number of aliphatic imine (C=N–C) groups is 1. The van der Waals surface area contributed by atoms with Crippen LogP contribution in [-0.4, -0.2) is 31.2 Å². The average Bonchev–Trinajstić information content (AvgIpc) is 3.16. The highest BCUT2D eigenvalue weighted by Crippen LogP contribution is 2.28. The fourth-order valence-electron chi connectivity index (χ4n) is 2.41. The second-order valence-corrected chi connectivity index (χ2v) is 7.16. The molecule has 156 valence electrons. The van der Waals surface area contributed by atoms with Gasteiger partial charge in [-0.2, -0.15) is 0 Å². The van der Waals surface area contributed by atoms with Gasteiger partial charge in [0.2, 0.25) is 0 Å². The minimum absolute atomic E-state index is 0. The van der Waals surface area contributed by atoms with Gasteiger partial charge in [0.15, 0.2) is 17.5 Å². The monoisotopic (exact) mass is 518 g/mol. The molecule has 1 aromatic heterocycles. The lowest BCUT2D eigenvalue weighted by molar-refractivity contribution is 0.294. The maximum absolute atomic E-state index is 5.70. The van der Waals surface area contributed by atoms with Crippen molar-refractivity contribution in [2.24, 2.45) is 4.99 Å². The first kappa shape index (κ1) is 24.5. The van der Waals surface area contributed by atoms with Crippen molar-refractivity contribution in [2.45, 2.75) is 46.7 Å². The Morgan fingerprint density at radius 2 is 2.00 bits per heavy atom. The summed E-state index contributed by atoms with van der Waals surface area (Å²) in [4.78, 5) is 10.4. The molecule has 0 spiro atoms. The lowest BCUT2D eigenvalue weighted by atomic mass is 10.2. The van der Waals surface area contributed by atoms with Crippen LogP contribution in [0.4, 0.5) is 0 Å². The molecule has 0 atom stereocenters. The molecule has 28 heavy (non-hydrogen) atoms. The summed E-state index contributed by atoms with van der Waals surface area (Å²) in [6, 6.07) is 5.95. The van der Waals surface area contributed by atoms with Gasteiger partial charge in [-0.25, -0.2) is 9.98 Å². The second-order valence-electron chi connectivity index (χ2n) is 5.96. The molecular formula is C20H31IN4O2S. The number of hydrogen-bond acceptors (Lipinski definition) is 5. The van der Waals surface area contributed by atoms with Crippen LogP contribution in [0.3, 0.4) is 0 Å². The van der Waals surface area contributed by atoms with Gasteiger partial charge in [-0.15, -0.1) is 35.3 Å². The van der Waals surface area contributed by atoms with Crippen LogP contribution >= 0.6 is 35.3 Å². The van der Waals surface area contributed by atoms with Crippen molar-refractivity contribution in [3.05, 3.63) is 39.8 Å². The first-order valence-electron chi connectivity index (χ1n) is 9.45. The Morgan fingerprint density at radius 3 is 2.64 bits per heavy atom. The largest absolute Gasteiger partial charge is 0.493 e. The third-order valence-electron chi connectivity index (χ3n) is 3.81. The maximum atomic E-state index is 5.70. The molecule has 8 heteroatoms. The summed E-state index contributed by atoms with van der Waals surface area (Å²) in [7, 11) is 1.66. The van der Waals surface area contributed by atoms with Gasteiger partial charge >= 0.3 is 0 Å². The number of hydrogen-bond donors (Lipinski definition) is 2. The SMILES string of the molecule is CCCOc1ccc(CN=C(NCC)NCc2ncc(CC)s2)cc1OC.I. The molecule has 2 rings (SSSR count). The zero-order valence-corrected chi connectivity index (χ0v) is 20.2. The molecular weight excluding hydrogens is 487 g/mol. The van der Waals surface area contributed by atoms with Gasteiger partial charge in [0.05, 0.1) is 26.8 Å². The molecule has 0 radical (unpaired) electrons. The Bertz CT molecular complexity index is 737. The van der Waals surface area contributed by atoms with Crippen molar-refractivity contribution in [1.29, 1.82) is 0 Å². The van der Waals surface area contributed by atoms with Gasteiger partial charge in [-0.05, 0) is 37.5 Å². The van der Waals surface area contributed by atoms with Crippen LogP contribution in [0.1, 0.15) is 42.6 Å². The van der Waals surface area contributed by atoms with Crippen molar-refractivity contribution in [1.82, 2.24) is 15.6 Å². The first-order chi connectivity index (χ1) is 13.2. The Labute approximate surface area is 189 Å². The third-order valence-corrected chi connectivity index (χ3v) is 4.95. The number of aryl methyl sites for hydroxylation is 1. The minimum atomic E-state index is 0. The second kappa shape index (κ2) is 13.6. The number of thiazole rings is 1. The van der Waals surface area contributed by atoms with Gasteiger partial charge in [0.25, 0.3) is 0 Å². The highest BCUT2D eigenvalue weighted by molar-refractivity contribution is 14.0. The summed E-state index contributed by atoms with van der Waals surface area (Å²) < 4.78 is 11.1. The van der Waals surface area contributed by atoms with E-state index in [1.165, 1.54) is 4.88 Å². The Kier molecular flexibility index (Phi) is 11.9. The first-order valence-corrected chi connectivity index (χ1v) is 10.3. The lowest BCUT2D eigenvalue weighted by Gasteiger charge is -2.12. The number of halogens is 1. The van der Waals surface area contributed by atoms with E-state index < -0.39 is 0 Å². The number of methoxy groups -OCH3 is 1. The van der Waals surface area contributed by atoms with Gasteiger partial charge in [-0.1, -0.05) is 19.9 Å². The maximum Gasteiger partial charge on any atom is 0.191 e. The van der Waals surface area contributed by atoms with E-state index >= 15 is 0 Å². The molecule has 0 aliphatic heterocycles. The predicted molar refractivity (Wildman–Crippen MR) is 127 cm³/mol. The molecule has 1 heterocycles. The number of rotatable bonds is 10. The zero-order valence-electron chi connectivity index (χ0n) is 17.1. The molecule has 2 aromatic rings. The minimum Gasteiger partial charge on any atom is -0.493 e. The summed E-state index contributed by atoms with van der Waals surface area (Å²) >= 11 is 1.73. The van der Waals surface area contributed by atoms with E-state index in [-0.39, 0.29) is 24.0 Å². The molecule has 0 aliphatic carbocycles. The molecule has 1 aromatic carbocycles. The van der Waals surface area contributed by atoms with Crippen LogP contribution in [0.2, 0.25) is 0 Å². The molecule has 0 saturated heterocycles. The molecule has 0 bridgehead atoms. The highest BCUT2D eigenvalue weighted by atomic mass is 127. The molecule has 6 nitrogen and oxygen atoms in total. The lowest BCUT2D eigenvalue weighted by Crippen LogP contribution is -2.36. The Hall–Kier alpha value is -1.55. The van der Waals surface area contributed by atoms with Crippen LogP contribution in [0, 0.1) is 0 Å². The smallest absolute Gasteiger partial charge is 0.191 e. The molecule has 0 amide bonds. The van der Waals surface area contributed by atoms with E-state index in [2.05, 4.69) is 41.4 Å². The Balaban J connectivity index is 0.00000392. The standard InChI is InChI=1S/C20H30N4O2S.HI/c1-5-10-26-17-9-8-15(11-18(17)25-4)12-23-20(21-7-3)24-14-19-22-13-16(6-2)27-19;/h8-9,11,13H,5-7,10,12,14H2,1-4H3,(H2,21,23,24);1H. The van der Waals surface area contributed by atoms with E-state index in [9.17, 15) is 0 Å². The highest BCUT2D eigenvalue weighted by Gasteiger charge is 2.07. The molecule has 0 aliphatic rings. The molecule has 2 N–H and O–H groups in total. The number of aromatic nitrogens is 1. The fraction of sp³-hybridized carbons (Fsp3) is 0.500. The van der Waals surface area contributed by atoms with Gasteiger partial charge in [0, 0.05) is 17.6 Å². The summed E-state index contributed by atoms with van der Waals surface area (Å²) in [5, 5.41) is 7.68. The predicted octanol–water partition coefficient (Wildman–Crippen LogP) is 4.38. The molecule has 0 unspecified atom stereocenters. The third kappa shape index (κ3) is 7.83. The topological polar surface area (TPSA) is 67.8 Å². The van der Waals surface area contributed by atoms with Crippen molar-refractivity contribution in [2.75, 3.05) is 20.3 Å². The number of guanidine groups is 1. The molecule has 0 fully saturated rings. The molecule has 0 saturated carbocycles. The van der Waals surface area contributed by atoms with Crippen LogP contribution in [0.25, 0.3) is 0 Å². The zero-order chi connectivity index (χ0) is 19.5. The average molecular weight is 518 g/mol. The van der Waals surface area contributed by atoms with Crippen LogP contribution in [0.15, 0.2) is 29.4 Å². The fourth-order valence-corrected chi connectivity index (χ4v) is 3.21. The van der Waals surface area contributed by atoms with E-state index in [0.29, 0.717) is 19.7 Å². The van der Waals surface area contributed by atoms with Crippen molar-refractivity contribution in [3.63, 3.8) is 0 Å². The summed E-state index contributed by atoms with van der Waals surface area (Å²) in [6.07, 6.45) is 3.93. The quantitative estimate of drug-likeness (QED) is 0.278. The van der Waals surface area contributed by atoms with E-state index in [4.69, 9.17) is 9.47 Å². The van der Waals surface area contributed by atoms with Crippen molar-refractivity contribution >= 4 is 41.3 Å². The number of benzene rings is 1. The summed E-state index contributed by atoms with van der Waals surface area (Å²) in [5.74, 6) is 2.28. The van der Waals surface area contributed by atoms with Crippen molar-refractivity contribution in [3.8, 4) is 11.5 Å². The Morgan fingerprint density at radius 1 is 1.18 bits per heavy atom. The van der Waals surface area contributed by atoms with Crippen molar-refractivity contribution < 1.29 is 9.47 Å². The van der Waals surface area contributed by atoms with Gasteiger partial charge in [-0.3, -0.25) is 0 Å². The van der Waals surface area contributed by atoms with Gasteiger partial charge in [0.1, 0.15) is 5.01 Å². The number of nitrogens with zero attached hydrogens (tertiary/aromatic N) is 2. The number of nitrogens with one attached hydrogen (secondary N) is 2. The number of ether oxygens (including phenoxy) is 2. The van der Waals surface area contributed by atoms with Crippen LogP contribution in [0.5, 0.6) is 11.5 Å². The van der Waals surface area contributed by atoms with Crippen LogP contribution in [-0.2, 0) is 19.5 Å². The van der Waals surface area contributed by atoms with Crippen LogP contribution < -0.4 is 20.1 Å². The van der Waals surface area contributed by atoms with Gasteiger partial charge < -0.3 is 20.1 Å². The van der Waals surface area contributed by atoms with E-state index in [1.807, 2.05) is 24.4 Å². The van der Waals surface area contributed by atoms with E-state index in [0.717, 1.165) is 47.4 Å². The normalized spacial score (nSPS) is 10.9. The summed E-state index contributed by atoms with van der Waals surface area (Å²) in [5.41, 5.74) is 1.07. The summed E-state index contributed by atoms with van der Waals surface area (Å²) in [6.45, 7) is 8.98. The van der Waals surface area contributed by atoms with E-state index in [1.54, 1.807) is 18.4 Å².